The van der Waals surface area contributed by atoms with Gasteiger partial charge in [0.05, 0.1) is 5.69 Å². The zero-order chi connectivity index (χ0) is 23.6. The largest absolute Gasteiger partial charge is 0.372 e. The Labute approximate surface area is 196 Å². The molecule has 0 saturated heterocycles. The Morgan fingerprint density at radius 2 is 1.64 bits per heavy atom. The molecule has 1 atom stereocenters. The van der Waals surface area contributed by atoms with Crippen LogP contribution in [0.5, 0.6) is 0 Å². The number of aliphatic hydroxyl groups is 1. The molecule has 33 heavy (non-hydrogen) atoms. The van der Waals surface area contributed by atoms with Crippen LogP contribution in [-0.2, 0) is 10.4 Å². The molecule has 1 heterocycles. The topological polar surface area (TPSA) is 83.6 Å². The lowest BCUT2D eigenvalue weighted by atomic mass is 9.82. The summed E-state index contributed by atoms with van der Waals surface area (Å²) in [5, 5.41) is 13.3. The fourth-order valence-corrected chi connectivity index (χ4v) is 4.78. The number of primary amides is 1. The van der Waals surface area contributed by atoms with Crippen LogP contribution in [0.2, 0.25) is 0 Å². The van der Waals surface area contributed by atoms with Gasteiger partial charge in [-0.05, 0) is 47.7 Å². The van der Waals surface area contributed by atoms with E-state index in [1.54, 1.807) is 78.7 Å². The van der Waals surface area contributed by atoms with Crippen molar-refractivity contribution in [2.75, 3.05) is 11.9 Å². The third-order valence-corrected chi connectivity index (χ3v) is 6.67. The average Bonchev–Trinajstić information content (AvgIpc) is 3.38. The summed E-state index contributed by atoms with van der Waals surface area (Å²) in [6.45, 7) is 1.75. The maximum atomic E-state index is 13.4. The Bertz CT molecular complexity index is 1300. The highest BCUT2D eigenvalue weighted by Crippen LogP contribution is 2.35. The number of anilines is 1. The molecule has 5 nitrogen and oxygen atoms in total. The van der Waals surface area contributed by atoms with Crippen LogP contribution in [0.25, 0.3) is 10.4 Å². The Balaban J connectivity index is 1.71. The van der Waals surface area contributed by atoms with Crippen molar-refractivity contribution < 1.29 is 14.7 Å². The van der Waals surface area contributed by atoms with Crippen molar-refractivity contribution in [3.8, 4) is 10.4 Å². The van der Waals surface area contributed by atoms with Gasteiger partial charge in [-0.2, -0.15) is 0 Å². The first-order valence-electron chi connectivity index (χ1n) is 10.4. The predicted octanol–water partition coefficient (Wildman–Crippen LogP) is 4.72. The second kappa shape index (κ2) is 9.02. The molecule has 0 bridgehead atoms. The number of carbonyl (C=O) groups is 2. The van der Waals surface area contributed by atoms with E-state index >= 15 is 0 Å². The summed E-state index contributed by atoms with van der Waals surface area (Å²) in [5.41, 5.74) is 7.16. The second-order valence-electron chi connectivity index (χ2n) is 7.83. The zero-order valence-corrected chi connectivity index (χ0v) is 19.2. The number of nitrogens with zero attached hydrogens (tertiary/aromatic N) is 1. The van der Waals surface area contributed by atoms with Gasteiger partial charge < -0.3 is 15.7 Å². The van der Waals surface area contributed by atoms with Crippen LogP contribution in [0.4, 0.5) is 5.69 Å². The number of thiophene rings is 1. The third-order valence-electron chi connectivity index (χ3n) is 5.77. The second-order valence-corrected chi connectivity index (χ2v) is 8.78. The summed E-state index contributed by atoms with van der Waals surface area (Å²) in [6, 6.07) is 25.2. The summed E-state index contributed by atoms with van der Waals surface area (Å²) in [5.74, 6) is -1.08. The SMILES string of the molecule is Cc1cc(C(=O)N(C)c2ccccc2-c2cccs2)ccc1C(O)(C(N)=O)c1ccccc1. The van der Waals surface area contributed by atoms with Gasteiger partial charge >= 0.3 is 0 Å². The van der Waals surface area contributed by atoms with Crippen LogP contribution in [0, 0.1) is 6.92 Å². The van der Waals surface area contributed by atoms with Crippen molar-refractivity contribution in [2.24, 2.45) is 5.73 Å². The van der Waals surface area contributed by atoms with Crippen molar-refractivity contribution in [3.05, 3.63) is 113 Å². The predicted molar refractivity (Wildman–Crippen MR) is 132 cm³/mol. The molecule has 0 aliphatic rings. The number of para-hydroxylation sites is 1. The standard InChI is InChI=1S/C27H24N2O3S/c1-18-17-19(14-15-22(18)27(32,26(28)31)20-9-4-3-5-10-20)25(30)29(2)23-12-7-6-11-21(23)24-13-8-16-33-24/h3-17,32H,1-2H3,(H2,28,31). The number of carbonyl (C=O) groups excluding carboxylic acids is 2. The summed E-state index contributed by atoms with van der Waals surface area (Å²) >= 11 is 1.61. The van der Waals surface area contributed by atoms with Crippen molar-refractivity contribution >= 4 is 28.8 Å². The first kappa shape index (κ1) is 22.5. The van der Waals surface area contributed by atoms with Crippen LogP contribution >= 0.6 is 11.3 Å². The molecule has 6 heteroatoms. The molecule has 3 N–H and O–H groups in total. The van der Waals surface area contributed by atoms with E-state index in [0.29, 0.717) is 22.3 Å². The fourth-order valence-electron chi connectivity index (χ4n) is 4.02. The highest BCUT2D eigenvalue weighted by Gasteiger charge is 2.39. The molecule has 0 radical (unpaired) electrons. The van der Waals surface area contributed by atoms with E-state index in [1.165, 1.54) is 0 Å². The quantitative estimate of drug-likeness (QED) is 0.440. The molecule has 0 saturated carbocycles. The molecule has 0 aliphatic heterocycles. The van der Waals surface area contributed by atoms with Crippen LogP contribution in [0.15, 0.2) is 90.3 Å². The Morgan fingerprint density at radius 1 is 0.939 bits per heavy atom. The number of aryl methyl sites for hydroxylation is 1. The Hall–Kier alpha value is -3.74. The van der Waals surface area contributed by atoms with Gasteiger partial charge in [0.15, 0.2) is 5.60 Å². The van der Waals surface area contributed by atoms with Crippen LogP contribution in [-0.4, -0.2) is 24.0 Å². The van der Waals surface area contributed by atoms with Gasteiger partial charge in [0.2, 0.25) is 0 Å². The Kier molecular flexibility index (Phi) is 6.14. The van der Waals surface area contributed by atoms with Crippen molar-refractivity contribution in [1.82, 2.24) is 0 Å². The summed E-state index contributed by atoms with van der Waals surface area (Å²) < 4.78 is 0. The summed E-state index contributed by atoms with van der Waals surface area (Å²) in [4.78, 5) is 28.4. The van der Waals surface area contributed by atoms with E-state index in [1.807, 2.05) is 41.8 Å². The van der Waals surface area contributed by atoms with Crippen molar-refractivity contribution in [3.63, 3.8) is 0 Å². The van der Waals surface area contributed by atoms with Gasteiger partial charge in [0.1, 0.15) is 0 Å². The first-order chi connectivity index (χ1) is 15.8. The highest BCUT2D eigenvalue weighted by molar-refractivity contribution is 7.13. The smallest absolute Gasteiger partial charge is 0.258 e. The average molecular weight is 457 g/mol. The van der Waals surface area contributed by atoms with E-state index in [0.717, 1.165) is 16.1 Å². The van der Waals surface area contributed by atoms with Crippen LogP contribution in [0.1, 0.15) is 27.0 Å². The number of rotatable bonds is 6. The number of hydrogen-bond donors (Lipinski definition) is 2. The number of benzene rings is 3. The molecule has 4 aromatic rings. The third kappa shape index (κ3) is 4.06. The molecule has 0 aliphatic carbocycles. The molecule has 1 unspecified atom stereocenters. The lowest BCUT2D eigenvalue weighted by molar-refractivity contribution is -0.133. The number of amides is 2. The molecule has 0 spiro atoms. The monoisotopic (exact) mass is 456 g/mol. The molecule has 166 valence electrons. The lowest BCUT2D eigenvalue weighted by Crippen LogP contribution is -2.42. The molecular weight excluding hydrogens is 432 g/mol. The Morgan fingerprint density at radius 3 is 2.27 bits per heavy atom. The minimum absolute atomic E-state index is 0.198. The molecule has 1 aromatic heterocycles. The van der Waals surface area contributed by atoms with Crippen molar-refractivity contribution in [2.45, 2.75) is 12.5 Å². The maximum absolute atomic E-state index is 13.4. The highest BCUT2D eigenvalue weighted by atomic mass is 32.1. The maximum Gasteiger partial charge on any atom is 0.258 e. The molecule has 3 aromatic carbocycles. The van der Waals surface area contributed by atoms with E-state index in [4.69, 9.17) is 5.73 Å². The van der Waals surface area contributed by atoms with E-state index in [9.17, 15) is 14.7 Å². The van der Waals surface area contributed by atoms with Gasteiger partial charge in [-0.1, -0.05) is 60.7 Å². The number of nitrogens with two attached hydrogens (primary N) is 1. The normalized spacial score (nSPS) is 12.7. The van der Waals surface area contributed by atoms with Gasteiger partial charge in [-0.3, -0.25) is 9.59 Å². The van der Waals surface area contributed by atoms with Crippen LogP contribution in [0.3, 0.4) is 0 Å². The van der Waals surface area contributed by atoms with Gasteiger partial charge in [0, 0.05) is 28.6 Å². The molecule has 0 fully saturated rings. The van der Waals surface area contributed by atoms with E-state index < -0.39 is 11.5 Å². The summed E-state index contributed by atoms with van der Waals surface area (Å²) in [7, 11) is 1.74. The van der Waals surface area contributed by atoms with Crippen molar-refractivity contribution in [1.29, 1.82) is 0 Å². The first-order valence-corrected chi connectivity index (χ1v) is 11.3. The lowest BCUT2D eigenvalue weighted by Gasteiger charge is -2.28. The number of hydrogen-bond acceptors (Lipinski definition) is 4. The fraction of sp³-hybridized carbons (Fsp3) is 0.111. The van der Waals surface area contributed by atoms with Gasteiger partial charge in [-0.15, -0.1) is 11.3 Å². The van der Waals surface area contributed by atoms with Crippen LogP contribution < -0.4 is 10.6 Å². The van der Waals surface area contributed by atoms with Gasteiger partial charge in [0.25, 0.3) is 11.8 Å². The zero-order valence-electron chi connectivity index (χ0n) is 18.4. The van der Waals surface area contributed by atoms with Gasteiger partial charge in [-0.25, -0.2) is 0 Å². The van der Waals surface area contributed by atoms with E-state index in [2.05, 4.69) is 0 Å². The summed E-state index contributed by atoms with van der Waals surface area (Å²) in [6.07, 6.45) is 0. The minimum Gasteiger partial charge on any atom is -0.372 e. The van der Waals surface area contributed by atoms with E-state index in [-0.39, 0.29) is 5.91 Å². The molecule has 2 amide bonds. The molecular formula is C27H24N2O3S. The molecule has 4 rings (SSSR count). The minimum atomic E-state index is -2.00.